The van der Waals surface area contributed by atoms with Crippen LogP contribution in [0.25, 0.3) is 38.8 Å². The van der Waals surface area contributed by atoms with Crippen LogP contribution < -0.4 is 14.5 Å². The van der Waals surface area contributed by atoms with Gasteiger partial charge in [-0.25, -0.2) is 9.37 Å². The van der Waals surface area contributed by atoms with Gasteiger partial charge in [0.1, 0.15) is 29.8 Å². The topological polar surface area (TPSA) is 33.5 Å². The number of rotatable bonds is 7. The van der Waals surface area contributed by atoms with E-state index in [0.717, 1.165) is 67.6 Å². The third-order valence-corrected chi connectivity index (χ3v) is 9.99. The average molecular weight is 681 g/mol. The van der Waals surface area contributed by atoms with Gasteiger partial charge in [-0.2, -0.15) is 0 Å². The summed E-state index contributed by atoms with van der Waals surface area (Å²) in [7, 11) is 0. The van der Waals surface area contributed by atoms with Gasteiger partial charge in [-0.15, -0.1) is 0 Å². The first-order chi connectivity index (χ1) is 25.4. The highest BCUT2D eigenvalue weighted by molar-refractivity contribution is 6.09. The first kappa shape index (κ1) is 31.6. The van der Waals surface area contributed by atoms with Gasteiger partial charge in [0.15, 0.2) is 0 Å². The molecule has 0 radical (unpaired) electrons. The highest BCUT2D eigenvalue weighted by Crippen LogP contribution is 2.46. The zero-order valence-corrected chi connectivity index (χ0v) is 29.3. The van der Waals surface area contributed by atoms with Crippen molar-refractivity contribution < 1.29 is 9.13 Å². The number of halogens is 1. The molecule has 0 aliphatic carbocycles. The predicted octanol–water partition coefficient (Wildman–Crippen LogP) is 12.5. The summed E-state index contributed by atoms with van der Waals surface area (Å²) in [6, 6.07) is 49.1. The third kappa shape index (κ3) is 5.63. The molecule has 0 atom stereocenters. The lowest BCUT2D eigenvalue weighted by Crippen LogP contribution is -2.24. The molecule has 0 spiro atoms. The summed E-state index contributed by atoms with van der Waals surface area (Å²) in [5.41, 5.74) is 10.8. The molecule has 6 aromatic carbocycles. The van der Waals surface area contributed by atoms with Crippen LogP contribution in [-0.4, -0.2) is 16.2 Å². The van der Waals surface area contributed by atoms with Crippen molar-refractivity contribution in [3.8, 4) is 28.4 Å². The first-order valence-electron chi connectivity index (χ1n) is 17.7. The van der Waals surface area contributed by atoms with Gasteiger partial charge in [-0.1, -0.05) is 74.0 Å². The predicted molar refractivity (Wildman–Crippen MR) is 211 cm³/mol. The van der Waals surface area contributed by atoms with E-state index in [0.29, 0.717) is 12.6 Å². The van der Waals surface area contributed by atoms with Crippen molar-refractivity contribution in [1.29, 1.82) is 0 Å². The molecule has 0 N–H and O–H groups in total. The summed E-state index contributed by atoms with van der Waals surface area (Å²) in [5.74, 6) is 2.48. The minimum Gasteiger partial charge on any atom is -0.457 e. The Kier molecular flexibility index (Phi) is 7.73. The minimum absolute atomic E-state index is 0.250. The number of fused-ring (bicyclic) bond motifs is 4. The van der Waals surface area contributed by atoms with E-state index in [1.807, 2.05) is 24.4 Å². The largest absolute Gasteiger partial charge is 0.457 e. The summed E-state index contributed by atoms with van der Waals surface area (Å²) < 4.78 is 23.0. The van der Waals surface area contributed by atoms with Gasteiger partial charge in [-0.05, 0) is 108 Å². The summed E-state index contributed by atoms with van der Waals surface area (Å²) in [6.07, 6.45) is 1.90. The van der Waals surface area contributed by atoms with Crippen LogP contribution in [0.5, 0.6) is 11.5 Å². The SMILES string of the molecule is Cc1cccc(-c2cc(Oc3ccc4c5ccccc5n(-c5cc(C(C)C)ccn5)c4c3)cc(N3CN(c4ccc(F)cc4)c4ccccc43)c2)c1. The average Bonchev–Trinajstić information content (AvgIpc) is 3.71. The maximum absolute atomic E-state index is 13.9. The summed E-state index contributed by atoms with van der Waals surface area (Å²) in [6.45, 7) is 7.09. The van der Waals surface area contributed by atoms with Crippen molar-refractivity contribution in [2.75, 3.05) is 16.5 Å². The number of aromatic nitrogens is 2. The van der Waals surface area contributed by atoms with Crippen molar-refractivity contribution in [1.82, 2.24) is 9.55 Å². The van der Waals surface area contributed by atoms with E-state index in [-0.39, 0.29) is 5.82 Å². The number of nitrogens with zero attached hydrogens (tertiary/aromatic N) is 4. The van der Waals surface area contributed by atoms with Crippen LogP contribution in [0.15, 0.2) is 152 Å². The summed E-state index contributed by atoms with van der Waals surface area (Å²) in [5, 5.41) is 2.31. The van der Waals surface area contributed by atoms with Gasteiger partial charge in [0.2, 0.25) is 0 Å². The Morgan fingerprint density at radius 3 is 2.15 bits per heavy atom. The lowest BCUT2D eigenvalue weighted by atomic mass is 10.0. The normalized spacial score (nSPS) is 12.6. The van der Waals surface area contributed by atoms with Crippen molar-refractivity contribution in [3.05, 3.63) is 169 Å². The second kappa shape index (κ2) is 12.7. The fourth-order valence-electron chi connectivity index (χ4n) is 7.38. The monoisotopic (exact) mass is 680 g/mol. The van der Waals surface area contributed by atoms with E-state index in [1.54, 1.807) is 0 Å². The molecule has 8 aromatic rings. The number of hydrogen-bond donors (Lipinski definition) is 0. The van der Waals surface area contributed by atoms with Crippen LogP contribution in [0, 0.1) is 12.7 Å². The van der Waals surface area contributed by atoms with Crippen LogP contribution in [0.2, 0.25) is 0 Å². The van der Waals surface area contributed by atoms with Crippen LogP contribution in [-0.2, 0) is 0 Å². The number of ether oxygens (including phenoxy) is 1. The molecule has 2 aromatic heterocycles. The van der Waals surface area contributed by atoms with Crippen molar-refractivity contribution >= 4 is 44.6 Å². The second-order valence-electron chi connectivity index (χ2n) is 13.8. The van der Waals surface area contributed by atoms with Crippen LogP contribution in [0.1, 0.15) is 30.9 Å². The highest BCUT2D eigenvalue weighted by atomic mass is 19.1. The van der Waals surface area contributed by atoms with Crippen molar-refractivity contribution in [2.45, 2.75) is 26.7 Å². The van der Waals surface area contributed by atoms with Gasteiger partial charge >= 0.3 is 0 Å². The molecule has 9 rings (SSSR count). The maximum atomic E-state index is 13.9. The third-order valence-electron chi connectivity index (χ3n) is 9.99. The summed E-state index contributed by atoms with van der Waals surface area (Å²) >= 11 is 0. The van der Waals surface area contributed by atoms with E-state index in [1.165, 1.54) is 28.6 Å². The molecule has 52 heavy (non-hydrogen) atoms. The number of pyridine rings is 1. The highest BCUT2D eigenvalue weighted by Gasteiger charge is 2.28. The number of anilines is 4. The van der Waals surface area contributed by atoms with Gasteiger partial charge in [-0.3, -0.25) is 4.57 Å². The maximum Gasteiger partial charge on any atom is 0.137 e. The second-order valence-corrected chi connectivity index (χ2v) is 13.8. The molecule has 254 valence electrons. The van der Waals surface area contributed by atoms with Crippen molar-refractivity contribution in [3.63, 3.8) is 0 Å². The molecule has 1 aliphatic heterocycles. The molecule has 3 heterocycles. The lowest BCUT2D eigenvalue weighted by molar-refractivity contribution is 0.483. The van der Waals surface area contributed by atoms with E-state index in [4.69, 9.17) is 9.72 Å². The van der Waals surface area contributed by atoms with E-state index >= 15 is 0 Å². The van der Waals surface area contributed by atoms with Crippen LogP contribution in [0.3, 0.4) is 0 Å². The Morgan fingerprint density at radius 1 is 0.615 bits per heavy atom. The fraction of sp³-hybridized carbons (Fsp3) is 0.109. The Hall–Kier alpha value is -6.40. The summed E-state index contributed by atoms with van der Waals surface area (Å²) in [4.78, 5) is 9.33. The molecule has 0 amide bonds. The Bertz CT molecular complexity index is 2610. The molecule has 6 heteroatoms. The van der Waals surface area contributed by atoms with E-state index in [9.17, 15) is 4.39 Å². The molecule has 0 fully saturated rings. The van der Waals surface area contributed by atoms with Crippen LogP contribution in [0.4, 0.5) is 27.1 Å². The molecule has 0 saturated carbocycles. The van der Waals surface area contributed by atoms with Gasteiger partial charge in [0.25, 0.3) is 0 Å². The molecule has 5 nitrogen and oxygen atoms in total. The fourth-order valence-corrected chi connectivity index (χ4v) is 7.38. The smallest absolute Gasteiger partial charge is 0.137 e. The van der Waals surface area contributed by atoms with Gasteiger partial charge in [0, 0.05) is 40.5 Å². The minimum atomic E-state index is -0.250. The molecule has 0 unspecified atom stereocenters. The van der Waals surface area contributed by atoms with Gasteiger partial charge in [0.05, 0.1) is 22.4 Å². The quantitative estimate of drug-likeness (QED) is 0.168. The number of hydrogen-bond acceptors (Lipinski definition) is 4. The molecule has 0 saturated heterocycles. The standard InChI is InChI=1S/C46H37FN4O/c1-30(2)32-21-22-48-46(26-32)51-42-12-5-4-11-40(42)41-20-19-38(28-45(41)51)52-39-25-34(33-10-8-9-31(3)23-33)24-37(27-39)50-29-49(36-17-15-35(47)16-18-36)43-13-6-7-14-44(43)50/h4-28,30H,29H2,1-3H3. The number of benzene rings is 6. The first-order valence-corrected chi connectivity index (χ1v) is 17.7. The van der Waals surface area contributed by atoms with Crippen LogP contribution >= 0.6 is 0 Å². The lowest BCUT2D eigenvalue weighted by Gasteiger charge is -2.23. The Balaban J connectivity index is 1.16. The van der Waals surface area contributed by atoms with E-state index < -0.39 is 0 Å². The van der Waals surface area contributed by atoms with Crippen molar-refractivity contribution in [2.24, 2.45) is 0 Å². The zero-order valence-electron chi connectivity index (χ0n) is 29.3. The molecule has 1 aliphatic rings. The van der Waals surface area contributed by atoms with E-state index in [2.05, 4.69) is 150 Å². The Morgan fingerprint density at radius 2 is 1.37 bits per heavy atom. The number of aryl methyl sites for hydroxylation is 1. The Labute approximate surface area is 302 Å². The molecule has 0 bridgehead atoms. The zero-order chi connectivity index (χ0) is 35.3. The van der Waals surface area contributed by atoms with Gasteiger partial charge < -0.3 is 14.5 Å². The number of para-hydroxylation sites is 3. The molecular formula is C46H37FN4O. The molecular weight excluding hydrogens is 644 g/mol.